The fourth-order valence-electron chi connectivity index (χ4n) is 4.59. The second kappa shape index (κ2) is 8.41. The smallest absolute Gasteiger partial charge is 0.219 e. The number of guanidine groups is 1. The number of aliphatic imine (C=N–C) groups is 1. The van der Waals surface area contributed by atoms with Crippen LogP contribution in [0.4, 0.5) is 0 Å². The SMILES string of the molecule is CCN=C(NC1CCN(C(C)=O)CC1)NC1C2CCOC2C1(C)C.I. The van der Waals surface area contributed by atoms with Crippen molar-refractivity contribution in [3.8, 4) is 0 Å². The Kier molecular flexibility index (Phi) is 6.98. The monoisotopic (exact) mass is 464 g/mol. The number of hydrogen-bond acceptors (Lipinski definition) is 3. The third-order valence-electron chi connectivity index (χ3n) is 5.99. The standard InChI is InChI=1S/C18H32N4O2.HI/c1-5-19-17(20-13-6-9-22(10-7-13)12(2)23)21-15-14-8-11-24-16(14)18(15,3)4;/h13-16H,5-11H2,1-4H3,(H2,19,20,21);1H. The highest BCUT2D eigenvalue weighted by atomic mass is 127. The third-order valence-corrected chi connectivity index (χ3v) is 5.99. The van der Waals surface area contributed by atoms with E-state index < -0.39 is 0 Å². The molecule has 0 radical (unpaired) electrons. The quantitative estimate of drug-likeness (QED) is 0.381. The summed E-state index contributed by atoms with van der Waals surface area (Å²) in [5.41, 5.74) is 0.148. The molecule has 1 amide bonds. The molecular formula is C18H33IN4O2. The van der Waals surface area contributed by atoms with Crippen LogP contribution < -0.4 is 10.6 Å². The molecule has 0 aromatic rings. The zero-order chi connectivity index (χ0) is 17.3. The minimum absolute atomic E-state index is 0. The van der Waals surface area contributed by atoms with E-state index in [1.54, 1.807) is 6.92 Å². The molecule has 3 aliphatic rings. The number of piperidine rings is 1. The molecular weight excluding hydrogens is 431 g/mol. The number of hydrogen-bond donors (Lipinski definition) is 2. The molecule has 3 unspecified atom stereocenters. The van der Waals surface area contributed by atoms with Crippen LogP contribution >= 0.6 is 24.0 Å². The first-order valence-electron chi connectivity index (χ1n) is 9.38. The van der Waals surface area contributed by atoms with Gasteiger partial charge in [0, 0.05) is 56.6 Å². The van der Waals surface area contributed by atoms with Crippen LogP contribution in [-0.4, -0.2) is 61.2 Å². The summed E-state index contributed by atoms with van der Waals surface area (Å²) in [6, 6.07) is 0.803. The topological polar surface area (TPSA) is 66.0 Å². The highest BCUT2D eigenvalue weighted by Gasteiger charge is 2.59. The van der Waals surface area contributed by atoms with E-state index >= 15 is 0 Å². The number of ether oxygens (including phenoxy) is 1. The molecule has 0 spiro atoms. The third kappa shape index (κ3) is 4.23. The lowest BCUT2D eigenvalue weighted by Gasteiger charge is -2.55. The number of nitrogens with zero attached hydrogens (tertiary/aromatic N) is 2. The van der Waals surface area contributed by atoms with Gasteiger partial charge in [-0.05, 0) is 26.2 Å². The van der Waals surface area contributed by atoms with E-state index in [2.05, 4.69) is 36.4 Å². The number of fused-ring (bicyclic) bond motifs is 1. The molecule has 0 bridgehead atoms. The summed E-state index contributed by atoms with van der Waals surface area (Å²) in [6.45, 7) is 11.6. The molecule has 1 aliphatic carbocycles. The number of likely N-dealkylation sites (tertiary alicyclic amines) is 1. The van der Waals surface area contributed by atoms with E-state index in [1.807, 2.05) is 4.90 Å². The maximum atomic E-state index is 11.5. The molecule has 3 atom stereocenters. The fourth-order valence-corrected chi connectivity index (χ4v) is 4.59. The highest BCUT2D eigenvalue weighted by molar-refractivity contribution is 14.0. The van der Waals surface area contributed by atoms with Gasteiger partial charge in [-0.2, -0.15) is 0 Å². The highest BCUT2D eigenvalue weighted by Crippen LogP contribution is 2.52. The van der Waals surface area contributed by atoms with Gasteiger partial charge in [0.05, 0.1) is 6.10 Å². The maximum Gasteiger partial charge on any atom is 0.219 e. The van der Waals surface area contributed by atoms with Gasteiger partial charge in [0.1, 0.15) is 0 Å². The van der Waals surface area contributed by atoms with Crippen LogP contribution in [0.25, 0.3) is 0 Å². The fraction of sp³-hybridized carbons (Fsp3) is 0.889. The molecule has 2 aliphatic heterocycles. The summed E-state index contributed by atoms with van der Waals surface area (Å²) in [5.74, 6) is 1.70. The van der Waals surface area contributed by atoms with Crippen LogP contribution in [0, 0.1) is 11.3 Å². The molecule has 144 valence electrons. The van der Waals surface area contributed by atoms with Crippen LogP contribution in [0.15, 0.2) is 4.99 Å². The number of nitrogens with one attached hydrogen (secondary N) is 2. The van der Waals surface area contributed by atoms with Crippen molar-refractivity contribution in [2.45, 2.75) is 65.1 Å². The minimum Gasteiger partial charge on any atom is -0.377 e. The zero-order valence-electron chi connectivity index (χ0n) is 15.9. The summed E-state index contributed by atoms with van der Waals surface area (Å²) in [5, 5.41) is 7.27. The number of amides is 1. The number of rotatable bonds is 3. The van der Waals surface area contributed by atoms with Crippen LogP contribution in [0.3, 0.4) is 0 Å². The Morgan fingerprint density at radius 1 is 1.24 bits per heavy atom. The van der Waals surface area contributed by atoms with Crippen LogP contribution in [-0.2, 0) is 9.53 Å². The minimum atomic E-state index is 0. The molecule has 1 saturated carbocycles. The van der Waals surface area contributed by atoms with Gasteiger partial charge >= 0.3 is 0 Å². The van der Waals surface area contributed by atoms with Crippen molar-refractivity contribution in [3.63, 3.8) is 0 Å². The largest absolute Gasteiger partial charge is 0.377 e. The second-order valence-corrected chi connectivity index (χ2v) is 7.93. The van der Waals surface area contributed by atoms with Crippen LogP contribution in [0.5, 0.6) is 0 Å². The average Bonchev–Trinajstić information content (AvgIpc) is 3.00. The van der Waals surface area contributed by atoms with Crippen LogP contribution in [0.1, 0.15) is 47.0 Å². The van der Waals surface area contributed by atoms with Crippen molar-refractivity contribution >= 4 is 35.8 Å². The summed E-state index contributed by atoms with van der Waals surface area (Å²) in [4.78, 5) is 18.0. The van der Waals surface area contributed by atoms with E-state index in [-0.39, 0.29) is 35.3 Å². The van der Waals surface area contributed by atoms with Gasteiger partial charge in [-0.1, -0.05) is 13.8 Å². The van der Waals surface area contributed by atoms with Gasteiger partial charge in [-0.15, -0.1) is 24.0 Å². The molecule has 2 saturated heterocycles. The average molecular weight is 464 g/mol. The molecule has 3 fully saturated rings. The van der Waals surface area contributed by atoms with E-state index in [0.717, 1.165) is 51.5 Å². The van der Waals surface area contributed by atoms with Crippen molar-refractivity contribution in [1.29, 1.82) is 0 Å². The first kappa shape index (κ1) is 20.7. The van der Waals surface area contributed by atoms with Gasteiger partial charge in [0.2, 0.25) is 5.91 Å². The summed E-state index contributed by atoms with van der Waals surface area (Å²) in [6.07, 6.45) is 3.49. The van der Waals surface area contributed by atoms with Gasteiger partial charge in [-0.3, -0.25) is 9.79 Å². The Bertz CT molecular complexity index is 503. The Hall–Kier alpha value is -0.570. The first-order chi connectivity index (χ1) is 11.4. The second-order valence-electron chi connectivity index (χ2n) is 7.93. The molecule has 3 rings (SSSR count). The van der Waals surface area contributed by atoms with Crippen molar-refractivity contribution in [3.05, 3.63) is 0 Å². The van der Waals surface area contributed by atoms with Crippen molar-refractivity contribution < 1.29 is 9.53 Å². The first-order valence-corrected chi connectivity index (χ1v) is 9.38. The Labute approximate surface area is 168 Å². The number of halogens is 1. The maximum absolute atomic E-state index is 11.5. The Morgan fingerprint density at radius 3 is 2.52 bits per heavy atom. The lowest BCUT2D eigenvalue weighted by molar-refractivity contribution is -0.129. The normalized spacial score (nSPS) is 31.6. The number of carbonyl (C=O) groups is 1. The molecule has 2 heterocycles. The molecule has 25 heavy (non-hydrogen) atoms. The zero-order valence-corrected chi connectivity index (χ0v) is 18.2. The van der Waals surface area contributed by atoms with E-state index in [0.29, 0.717) is 24.1 Å². The molecule has 7 heteroatoms. The number of carbonyl (C=O) groups excluding carboxylic acids is 1. The van der Waals surface area contributed by atoms with Gasteiger partial charge in [0.15, 0.2) is 5.96 Å². The van der Waals surface area contributed by atoms with Crippen molar-refractivity contribution in [2.24, 2.45) is 16.3 Å². The van der Waals surface area contributed by atoms with Crippen molar-refractivity contribution in [1.82, 2.24) is 15.5 Å². The van der Waals surface area contributed by atoms with E-state index in [4.69, 9.17) is 4.74 Å². The predicted octanol–water partition coefficient (Wildman–Crippen LogP) is 1.98. The summed E-state index contributed by atoms with van der Waals surface area (Å²) < 4.78 is 5.89. The summed E-state index contributed by atoms with van der Waals surface area (Å²) >= 11 is 0. The Morgan fingerprint density at radius 2 is 1.92 bits per heavy atom. The predicted molar refractivity (Wildman–Crippen MR) is 110 cm³/mol. The molecule has 0 aromatic heterocycles. The lowest BCUT2D eigenvalue weighted by Crippen LogP contribution is -2.68. The molecule has 6 nitrogen and oxygen atoms in total. The van der Waals surface area contributed by atoms with Crippen molar-refractivity contribution in [2.75, 3.05) is 26.2 Å². The van der Waals surface area contributed by atoms with Gasteiger partial charge in [-0.25, -0.2) is 0 Å². The van der Waals surface area contributed by atoms with E-state index in [1.165, 1.54) is 0 Å². The summed E-state index contributed by atoms with van der Waals surface area (Å²) in [7, 11) is 0. The Balaban J connectivity index is 0.00000225. The van der Waals surface area contributed by atoms with E-state index in [9.17, 15) is 4.79 Å². The van der Waals surface area contributed by atoms with Gasteiger partial charge in [0.25, 0.3) is 0 Å². The molecule has 0 aromatic carbocycles. The van der Waals surface area contributed by atoms with Gasteiger partial charge < -0.3 is 20.3 Å². The lowest BCUT2D eigenvalue weighted by atomic mass is 9.57. The van der Waals surface area contributed by atoms with Crippen LogP contribution in [0.2, 0.25) is 0 Å². The molecule has 2 N–H and O–H groups in total.